The molecule has 0 aliphatic carbocycles. The summed E-state index contributed by atoms with van der Waals surface area (Å²) in [7, 11) is 2.03. The van der Waals surface area contributed by atoms with Gasteiger partial charge in [-0.25, -0.2) is 0 Å². The molecule has 1 aliphatic heterocycles. The first-order valence-electron chi connectivity index (χ1n) is 9.62. The molecule has 1 aliphatic rings. The van der Waals surface area contributed by atoms with E-state index in [1.807, 2.05) is 37.4 Å². The van der Waals surface area contributed by atoms with Gasteiger partial charge in [0.25, 0.3) is 0 Å². The van der Waals surface area contributed by atoms with Crippen LogP contribution in [0, 0.1) is 5.92 Å². The van der Waals surface area contributed by atoms with Crippen LogP contribution in [0.2, 0.25) is 0 Å². The van der Waals surface area contributed by atoms with Crippen molar-refractivity contribution in [2.75, 3.05) is 59.7 Å². The molecule has 1 fully saturated rings. The van der Waals surface area contributed by atoms with Crippen molar-refractivity contribution in [3.05, 3.63) is 30.3 Å². The first kappa shape index (κ1) is 20.5. The topological polar surface area (TPSA) is 55.3 Å². The van der Waals surface area contributed by atoms with Crippen molar-refractivity contribution in [2.24, 2.45) is 10.9 Å². The Kier molecular flexibility index (Phi) is 9.90. The molecule has 0 radical (unpaired) electrons. The van der Waals surface area contributed by atoms with Gasteiger partial charge in [0.05, 0.1) is 19.8 Å². The van der Waals surface area contributed by atoms with Gasteiger partial charge in [0.2, 0.25) is 0 Å². The number of para-hydroxylation sites is 1. The summed E-state index contributed by atoms with van der Waals surface area (Å²) in [4.78, 5) is 6.78. The van der Waals surface area contributed by atoms with Crippen molar-refractivity contribution >= 4 is 5.96 Å². The maximum Gasteiger partial charge on any atom is 0.193 e. The van der Waals surface area contributed by atoms with Crippen molar-refractivity contribution < 1.29 is 14.2 Å². The minimum Gasteiger partial charge on any atom is -0.492 e. The van der Waals surface area contributed by atoms with Gasteiger partial charge in [-0.05, 0) is 31.9 Å². The molecule has 0 saturated carbocycles. The first-order valence-corrected chi connectivity index (χ1v) is 9.62. The number of aliphatic imine (C=N–C) groups is 1. The number of hydrogen-bond donors (Lipinski definition) is 1. The highest BCUT2D eigenvalue weighted by atomic mass is 16.5. The van der Waals surface area contributed by atoms with E-state index in [2.05, 4.69) is 22.1 Å². The number of hydrogen-bond acceptors (Lipinski definition) is 4. The van der Waals surface area contributed by atoms with E-state index >= 15 is 0 Å². The van der Waals surface area contributed by atoms with Gasteiger partial charge in [-0.1, -0.05) is 18.2 Å². The second-order valence-corrected chi connectivity index (χ2v) is 6.48. The molecule has 146 valence electrons. The lowest BCUT2D eigenvalue weighted by molar-refractivity contribution is 0.0893. The van der Waals surface area contributed by atoms with E-state index in [4.69, 9.17) is 14.2 Å². The molecule has 1 saturated heterocycles. The van der Waals surface area contributed by atoms with Crippen LogP contribution in [0.4, 0.5) is 0 Å². The number of nitrogens with one attached hydrogen (secondary N) is 1. The molecule has 2 rings (SSSR count). The van der Waals surface area contributed by atoms with Gasteiger partial charge in [-0.2, -0.15) is 0 Å². The Morgan fingerprint density at radius 1 is 1.31 bits per heavy atom. The van der Waals surface area contributed by atoms with Gasteiger partial charge in [-0.3, -0.25) is 4.99 Å². The Balaban J connectivity index is 1.62. The molecule has 6 nitrogen and oxygen atoms in total. The van der Waals surface area contributed by atoms with E-state index < -0.39 is 0 Å². The molecule has 0 spiro atoms. The van der Waals surface area contributed by atoms with Gasteiger partial charge in [0.15, 0.2) is 5.96 Å². The lowest BCUT2D eigenvalue weighted by Crippen LogP contribution is -2.41. The highest BCUT2D eigenvalue weighted by Crippen LogP contribution is 2.12. The molecule has 0 aromatic heterocycles. The molecule has 1 aromatic carbocycles. The number of rotatable bonds is 11. The predicted molar refractivity (Wildman–Crippen MR) is 105 cm³/mol. The standard InChI is InChI=1S/C20H33N3O3/c1-3-21-20(22-11-7-13-24-16-18-10-14-25-17-18)23(2)12-15-26-19-8-5-4-6-9-19/h4-6,8-9,18H,3,7,10-17H2,1-2H3,(H,21,22). The van der Waals surface area contributed by atoms with Crippen LogP contribution in [0.25, 0.3) is 0 Å². The lowest BCUT2D eigenvalue weighted by Gasteiger charge is -2.22. The molecular weight excluding hydrogens is 330 g/mol. The van der Waals surface area contributed by atoms with E-state index in [9.17, 15) is 0 Å². The second kappa shape index (κ2) is 12.5. The molecule has 1 heterocycles. The smallest absolute Gasteiger partial charge is 0.193 e. The quantitative estimate of drug-likeness (QED) is 0.372. The van der Waals surface area contributed by atoms with Gasteiger partial charge in [-0.15, -0.1) is 0 Å². The van der Waals surface area contributed by atoms with Gasteiger partial charge < -0.3 is 24.4 Å². The van der Waals surface area contributed by atoms with E-state index in [-0.39, 0.29) is 0 Å². The minimum absolute atomic E-state index is 0.576. The Morgan fingerprint density at radius 3 is 2.88 bits per heavy atom. The van der Waals surface area contributed by atoms with E-state index in [0.29, 0.717) is 12.5 Å². The van der Waals surface area contributed by atoms with Crippen LogP contribution in [-0.4, -0.2) is 70.6 Å². The Bertz CT molecular complexity index is 504. The van der Waals surface area contributed by atoms with E-state index in [0.717, 1.165) is 70.6 Å². The van der Waals surface area contributed by atoms with Crippen LogP contribution >= 0.6 is 0 Å². The normalized spacial score (nSPS) is 17.3. The summed E-state index contributed by atoms with van der Waals surface area (Å²) in [6, 6.07) is 9.88. The fourth-order valence-corrected chi connectivity index (χ4v) is 2.71. The maximum atomic E-state index is 5.76. The van der Waals surface area contributed by atoms with Crippen LogP contribution in [0.1, 0.15) is 19.8 Å². The van der Waals surface area contributed by atoms with Gasteiger partial charge in [0, 0.05) is 39.3 Å². The number of likely N-dealkylation sites (N-methyl/N-ethyl adjacent to an activating group) is 1. The minimum atomic E-state index is 0.576. The number of nitrogens with zero attached hydrogens (tertiary/aromatic N) is 2. The Hall–Kier alpha value is -1.79. The highest BCUT2D eigenvalue weighted by molar-refractivity contribution is 5.79. The molecule has 1 atom stereocenters. The molecule has 1 aromatic rings. The summed E-state index contributed by atoms with van der Waals surface area (Å²) in [5.74, 6) is 2.38. The molecule has 1 N–H and O–H groups in total. The summed E-state index contributed by atoms with van der Waals surface area (Å²) in [5.41, 5.74) is 0. The van der Waals surface area contributed by atoms with Crippen LogP contribution in [0.15, 0.2) is 35.3 Å². The fraction of sp³-hybridized carbons (Fsp3) is 0.650. The van der Waals surface area contributed by atoms with Crippen LogP contribution in [-0.2, 0) is 9.47 Å². The maximum absolute atomic E-state index is 5.76. The predicted octanol–water partition coefficient (Wildman–Crippen LogP) is 2.41. The summed E-state index contributed by atoms with van der Waals surface area (Å²) in [6.45, 7) is 8.37. The molecule has 26 heavy (non-hydrogen) atoms. The van der Waals surface area contributed by atoms with Crippen molar-refractivity contribution in [1.82, 2.24) is 10.2 Å². The highest BCUT2D eigenvalue weighted by Gasteiger charge is 2.15. The van der Waals surface area contributed by atoms with Crippen molar-refractivity contribution in [2.45, 2.75) is 19.8 Å². The molecule has 0 bridgehead atoms. The zero-order valence-corrected chi connectivity index (χ0v) is 16.2. The zero-order chi connectivity index (χ0) is 18.5. The van der Waals surface area contributed by atoms with Crippen molar-refractivity contribution in [3.63, 3.8) is 0 Å². The van der Waals surface area contributed by atoms with E-state index in [1.165, 1.54) is 0 Å². The van der Waals surface area contributed by atoms with Crippen molar-refractivity contribution in [1.29, 1.82) is 0 Å². The van der Waals surface area contributed by atoms with Gasteiger partial charge >= 0.3 is 0 Å². The third kappa shape index (κ3) is 8.06. The monoisotopic (exact) mass is 363 g/mol. The Labute approximate surface area is 157 Å². The van der Waals surface area contributed by atoms with Crippen LogP contribution in [0.3, 0.4) is 0 Å². The second-order valence-electron chi connectivity index (χ2n) is 6.48. The summed E-state index contributed by atoms with van der Waals surface area (Å²) >= 11 is 0. The van der Waals surface area contributed by atoms with Crippen LogP contribution in [0.5, 0.6) is 5.75 Å². The Morgan fingerprint density at radius 2 is 2.15 bits per heavy atom. The fourth-order valence-electron chi connectivity index (χ4n) is 2.71. The van der Waals surface area contributed by atoms with Gasteiger partial charge in [0.1, 0.15) is 12.4 Å². The molecule has 6 heteroatoms. The number of guanidine groups is 1. The average molecular weight is 364 g/mol. The third-order valence-corrected chi connectivity index (χ3v) is 4.22. The zero-order valence-electron chi connectivity index (χ0n) is 16.2. The molecule has 0 amide bonds. The lowest BCUT2D eigenvalue weighted by atomic mass is 10.1. The molecular formula is C20H33N3O3. The van der Waals surface area contributed by atoms with E-state index in [1.54, 1.807) is 0 Å². The third-order valence-electron chi connectivity index (χ3n) is 4.22. The molecule has 1 unspecified atom stereocenters. The average Bonchev–Trinajstić information content (AvgIpc) is 3.18. The summed E-state index contributed by atoms with van der Waals surface area (Å²) in [6.07, 6.45) is 2.05. The summed E-state index contributed by atoms with van der Waals surface area (Å²) in [5, 5.41) is 3.33. The SMILES string of the molecule is CCNC(=NCCCOCC1CCOC1)N(C)CCOc1ccccc1. The first-order chi connectivity index (χ1) is 12.8. The van der Waals surface area contributed by atoms with Crippen LogP contribution < -0.4 is 10.1 Å². The number of benzene rings is 1. The van der Waals surface area contributed by atoms with Crippen molar-refractivity contribution in [3.8, 4) is 5.75 Å². The summed E-state index contributed by atoms with van der Waals surface area (Å²) < 4.78 is 16.8. The number of ether oxygens (including phenoxy) is 3. The largest absolute Gasteiger partial charge is 0.492 e.